The maximum Gasteiger partial charge on any atom is 0.529 e. The van der Waals surface area contributed by atoms with Crippen LogP contribution < -0.4 is 10.4 Å². The molecule has 0 radical (unpaired) electrons. The Bertz CT molecular complexity index is 395. The Balaban J connectivity index is 2.42. The average molecular weight is 247 g/mol. The zero-order chi connectivity index (χ0) is 12.0. The Morgan fingerprint density at radius 3 is 2.56 bits per heavy atom. The molecular formula is C8H10NO6P. The highest BCUT2D eigenvalue weighted by Crippen LogP contribution is 2.42. The van der Waals surface area contributed by atoms with Gasteiger partial charge in [0, 0.05) is 6.92 Å². The number of nitrogens with one attached hydrogen (secondary N) is 1. The first kappa shape index (κ1) is 12.7. The average Bonchev–Trinajstić information content (AvgIpc) is 2.26. The monoisotopic (exact) mass is 247 g/mol. The van der Waals surface area contributed by atoms with Crippen LogP contribution in [0.5, 0.6) is 5.75 Å². The van der Waals surface area contributed by atoms with Crippen molar-refractivity contribution in [3.8, 4) is 5.75 Å². The summed E-state index contributed by atoms with van der Waals surface area (Å²) in [5.41, 5.74) is 1.67. The van der Waals surface area contributed by atoms with Gasteiger partial charge in [-0.1, -0.05) is 22.9 Å². The zero-order valence-corrected chi connectivity index (χ0v) is 9.22. The number of carbonyl (C=O) groups excluding carboxylic acids is 1. The molecule has 88 valence electrons. The second-order valence-corrected chi connectivity index (χ2v) is 3.96. The highest BCUT2D eigenvalue weighted by molar-refractivity contribution is 7.47. The number of carbonyl (C=O) groups is 1. The minimum absolute atomic E-state index is 0.225. The van der Waals surface area contributed by atoms with E-state index in [1.165, 1.54) is 12.1 Å². The Hall–Kier alpha value is -1.40. The van der Waals surface area contributed by atoms with Crippen LogP contribution in [0, 0.1) is 0 Å². The van der Waals surface area contributed by atoms with Gasteiger partial charge in [0.25, 0.3) is 0 Å². The van der Waals surface area contributed by atoms with Gasteiger partial charge in [-0.3, -0.25) is 9.69 Å². The molecule has 1 amide bonds. The zero-order valence-electron chi connectivity index (χ0n) is 8.32. The van der Waals surface area contributed by atoms with E-state index in [1.807, 2.05) is 0 Å². The summed E-state index contributed by atoms with van der Waals surface area (Å²) >= 11 is 0. The molecule has 0 spiro atoms. The fraction of sp³-hybridized carbons (Fsp3) is 0.125. The first-order valence-electron chi connectivity index (χ1n) is 4.19. The van der Waals surface area contributed by atoms with E-state index >= 15 is 0 Å². The Kier molecular flexibility index (Phi) is 4.45. The van der Waals surface area contributed by atoms with E-state index < -0.39 is 13.7 Å². The molecule has 1 aromatic carbocycles. The highest BCUT2D eigenvalue weighted by atomic mass is 31.2. The number of para-hydroxylation sites is 1. The minimum atomic E-state index is -4.47. The van der Waals surface area contributed by atoms with E-state index in [2.05, 4.69) is 14.2 Å². The van der Waals surface area contributed by atoms with Crippen LogP contribution in [-0.2, 0) is 18.7 Å². The van der Waals surface area contributed by atoms with Crippen molar-refractivity contribution in [2.75, 3.05) is 0 Å². The lowest BCUT2D eigenvalue weighted by molar-refractivity contribution is -0.143. The van der Waals surface area contributed by atoms with Gasteiger partial charge in [0.15, 0.2) is 5.75 Å². The van der Waals surface area contributed by atoms with E-state index in [4.69, 9.17) is 4.89 Å². The first-order chi connectivity index (χ1) is 7.49. The summed E-state index contributed by atoms with van der Waals surface area (Å²) in [4.78, 5) is 23.9. The van der Waals surface area contributed by atoms with Crippen molar-refractivity contribution in [3.05, 3.63) is 30.3 Å². The third-order valence-electron chi connectivity index (χ3n) is 1.28. The van der Waals surface area contributed by atoms with Crippen molar-refractivity contribution in [1.29, 1.82) is 0 Å². The van der Waals surface area contributed by atoms with Gasteiger partial charge in [-0.2, -0.15) is 4.62 Å². The fourth-order valence-corrected chi connectivity index (χ4v) is 1.16. The fourth-order valence-electron chi connectivity index (χ4n) is 0.703. The van der Waals surface area contributed by atoms with Crippen LogP contribution in [0.1, 0.15) is 6.92 Å². The second kappa shape index (κ2) is 5.62. The molecule has 0 fully saturated rings. The highest BCUT2D eigenvalue weighted by Gasteiger charge is 2.25. The summed E-state index contributed by atoms with van der Waals surface area (Å²) in [6.45, 7) is 1.11. The molecule has 0 aliphatic carbocycles. The van der Waals surface area contributed by atoms with Gasteiger partial charge in [-0.25, -0.2) is 10.0 Å². The molecule has 1 atom stereocenters. The maximum absolute atomic E-state index is 11.1. The summed E-state index contributed by atoms with van der Waals surface area (Å²) in [5, 5.41) is 0. The lowest BCUT2D eigenvalue weighted by Crippen LogP contribution is -2.19. The van der Waals surface area contributed by atoms with Crippen molar-refractivity contribution in [2.45, 2.75) is 6.92 Å². The molecule has 0 saturated heterocycles. The van der Waals surface area contributed by atoms with Crippen LogP contribution in [0.25, 0.3) is 0 Å². The number of benzene rings is 1. The maximum atomic E-state index is 11.1. The van der Waals surface area contributed by atoms with E-state index in [0.717, 1.165) is 6.92 Å². The summed E-state index contributed by atoms with van der Waals surface area (Å²) in [5.74, 6) is -0.416. The van der Waals surface area contributed by atoms with Crippen molar-refractivity contribution < 1.29 is 28.4 Å². The standard InChI is InChI=1S/C8H10NO6P/c1-7(10)9-14-16(11,12)15-13-8-5-3-2-4-6-8/h2-6H,1H3,(H,9,10)(H,11,12). The normalized spacial score (nSPS) is 13.9. The second-order valence-electron chi connectivity index (χ2n) is 2.69. The predicted molar refractivity (Wildman–Crippen MR) is 52.9 cm³/mol. The Morgan fingerprint density at radius 1 is 1.38 bits per heavy atom. The van der Waals surface area contributed by atoms with Crippen LogP contribution in [0.15, 0.2) is 30.3 Å². The first-order valence-corrected chi connectivity index (χ1v) is 5.68. The lowest BCUT2D eigenvalue weighted by atomic mass is 10.3. The van der Waals surface area contributed by atoms with Gasteiger partial charge in [0.2, 0.25) is 5.91 Å². The number of phosphoric acid groups is 1. The van der Waals surface area contributed by atoms with Crippen molar-refractivity contribution >= 4 is 13.7 Å². The van der Waals surface area contributed by atoms with Gasteiger partial charge in [-0.05, 0) is 12.1 Å². The number of hydrogen-bond acceptors (Lipinski definition) is 5. The van der Waals surface area contributed by atoms with E-state index in [-0.39, 0.29) is 5.75 Å². The van der Waals surface area contributed by atoms with Crippen LogP contribution in [0.2, 0.25) is 0 Å². The molecule has 1 rings (SSSR count). The number of amides is 1. The number of hydrogen-bond donors (Lipinski definition) is 2. The van der Waals surface area contributed by atoms with E-state index in [0.29, 0.717) is 0 Å². The third-order valence-corrected chi connectivity index (χ3v) is 1.86. The van der Waals surface area contributed by atoms with Crippen molar-refractivity contribution in [2.24, 2.45) is 0 Å². The molecular weight excluding hydrogens is 237 g/mol. The molecule has 1 unspecified atom stereocenters. The van der Waals surface area contributed by atoms with E-state index in [9.17, 15) is 9.36 Å². The van der Waals surface area contributed by atoms with Gasteiger partial charge in [0.05, 0.1) is 0 Å². The van der Waals surface area contributed by atoms with Gasteiger partial charge in [0.1, 0.15) is 0 Å². The van der Waals surface area contributed by atoms with E-state index in [1.54, 1.807) is 23.7 Å². The molecule has 0 saturated carbocycles. The van der Waals surface area contributed by atoms with Crippen molar-refractivity contribution in [1.82, 2.24) is 5.48 Å². The predicted octanol–water partition coefficient (Wildman–Crippen LogP) is 1.17. The van der Waals surface area contributed by atoms with Crippen LogP contribution in [0.4, 0.5) is 0 Å². The molecule has 0 bridgehead atoms. The van der Waals surface area contributed by atoms with Gasteiger partial charge in [-0.15, -0.1) is 0 Å². The minimum Gasteiger partial charge on any atom is -0.327 e. The molecule has 0 aliphatic heterocycles. The number of rotatable bonds is 5. The third kappa shape index (κ3) is 4.90. The molecule has 8 heteroatoms. The number of hydroxylamine groups is 1. The molecule has 2 N–H and O–H groups in total. The molecule has 0 heterocycles. The van der Waals surface area contributed by atoms with Gasteiger partial charge >= 0.3 is 7.82 Å². The topological polar surface area (TPSA) is 94.1 Å². The largest absolute Gasteiger partial charge is 0.529 e. The smallest absolute Gasteiger partial charge is 0.327 e. The summed E-state index contributed by atoms with van der Waals surface area (Å²) in [7, 11) is -4.47. The molecule has 16 heavy (non-hydrogen) atoms. The van der Waals surface area contributed by atoms with Crippen LogP contribution >= 0.6 is 7.82 Å². The Labute approximate surface area is 91.4 Å². The summed E-state index contributed by atoms with van der Waals surface area (Å²) in [6.07, 6.45) is 0. The molecule has 0 aromatic heterocycles. The Morgan fingerprint density at radius 2 is 2.00 bits per heavy atom. The summed E-state index contributed by atoms with van der Waals surface area (Å²) in [6, 6.07) is 8.06. The quantitative estimate of drug-likeness (QED) is 0.460. The SMILES string of the molecule is CC(=O)NOP(=O)(O)OOc1ccccc1. The lowest BCUT2D eigenvalue weighted by Gasteiger charge is -2.10. The van der Waals surface area contributed by atoms with Crippen LogP contribution in [0.3, 0.4) is 0 Å². The molecule has 7 nitrogen and oxygen atoms in total. The van der Waals surface area contributed by atoms with Crippen molar-refractivity contribution in [3.63, 3.8) is 0 Å². The van der Waals surface area contributed by atoms with Crippen LogP contribution in [-0.4, -0.2) is 10.8 Å². The summed E-state index contributed by atoms with van der Waals surface area (Å²) < 4.78 is 19.3. The molecule has 0 aliphatic rings. The van der Waals surface area contributed by atoms with Gasteiger partial charge < -0.3 is 4.89 Å². The molecule has 1 aromatic rings.